The molecule has 3 heterocycles. The van der Waals surface area contributed by atoms with Crippen molar-refractivity contribution in [2.75, 3.05) is 7.11 Å². The SMILES string of the molecule is COc1ccccc1-c1c2c(=O)n([C@@H]3CCCC[C@@H]3C)ccc2nc2ncnn12. The molecule has 1 aliphatic carbocycles. The minimum absolute atomic E-state index is 0.0351. The average Bonchev–Trinajstić information content (AvgIpc) is 3.21. The van der Waals surface area contributed by atoms with Gasteiger partial charge in [0.05, 0.1) is 23.7 Å². The highest BCUT2D eigenvalue weighted by atomic mass is 16.5. The Morgan fingerprint density at radius 2 is 1.97 bits per heavy atom. The summed E-state index contributed by atoms with van der Waals surface area (Å²) in [7, 11) is 1.63. The Kier molecular flexibility index (Phi) is 4.30. The number of methoxy groups -OCH3 is 1. The summed E-state index contributed by atoms with van der Waals surface area (Å²) >= 11 is 0. The molecule has 7 heteroatoms. The van der Waals surface area contributed by atoms with Crippen molar-refractivity contribution in [2.45, 2.75) is 38.6 Å². The number of rotatable bonds is 3. The fraction of sp³-hybridized carbons (Fsp3) is 0.364. The van der Waals surface area contributed by atoms with Gasteiger partial charge >= 0.3 is 0 Å². The van der Waals surface area contributed by atoms with E-state index in [2.05, 4.69) is 22.0 Å². The second-order valence-corrected chi connectivity index (χ2v) is 7.75. The first-order valence-electron chi connectivity index (χ1n) is 10.1. The van der Waals surface area contributed by atoms with Crippen LogP contribution in [0, 0.1) is 5.92 Å². The Balaban J connectivity index is 1.87. The Labute approximate surface area is 168 Å². The summed E-state index contributed by atoms with van der Waals surface area (Å²) in [6, 6.07) is 9.79. The van der Waals surface area contributed by atoms with Gasteiger partial charge in [0.2, 0.25) is 0 Å². The van der Waals surface area contributed by atoms with Crippen LogP contribution in [-0.4, -0.2) is 31.3 Å². The van der Waals surface area contributed by atoms with E-state index in [1.807, 2.05) is 41.1 Å². The number of hydrogen-bond acceptors (Lipinski definition) is 5. The molecule has 0 radical (unpaired) electrons. The zero-order valence-corrected chi connectivity index (χ0v) is 16.6. The lowest BCUT2D eigenvalue weighted by Crippen LogP contribution is -2.31. The van der Waals surface area contributed by atoms with Crippen LogP contribution >= 0.6 is 0 Å². The summed E-state index contributed by atoms with van der Waals surface area (Å²) in [5, 5.41) is 4.91. The number of nitrogens with zero attached hydrogens (tertiary/aromatic N) is 5. The van der Waals surface area contributed by atoms with Gasteiger partial charge in [0.25, 0.3) is 11.3 Å². The van der Waals surface area contributed by atoms with E-state index in [-0.39, 0.29) is 11.6 Å². The minimum atomic E-state index is -0.0351. The smallest absolute Gasteiger partial charge is 0.262 e. The number of fused-ring (bicyclic) bond motifs is 2. The van der Waals surface area contributed by atoms with Crippen LogP contribution < -0.4 is 10.3 Å². The Morgan fingerprint density at radius 3 is 2.79 bits per heavy atom. The quantitative estimate of drug-likeness (QED) is 0.532. The van der Waals surface area contributed by atoms with Gasteiger partial charge in [0.1, 0.15) is 12.1 Å². The topological polar surface area (TPSA) is 74.3 Å². The highest BCUT2D eigenvalue weighted by Crippen LogP contribution is 2.35. The van der Waals surface area contributed by atoms with Gasteiger partial charge in [-0.1, -0.05) is 31.9 Å². The summed E-state index contributed by atoms with van der Waals surface area (Å²) in [6.45, 7) is 2.24. The van der Waals surface area contributed by atoms with Gasteiger partial charge in [-0.2, -0.15) is 14.6 Å². The van der Waals surface area contributed by atoms with Crippen molar-refractivity contribution >= 4 is 16.7 Å². The van der Waals surface area contributed by atoms with E-state index in [4.69, 9.17) is 4.74 Å². The lowest BCUT2D eigenvalue weighted by molar-refractivity contribution is 0.253. The molecule has 0 spiro atoms. The minimum Gasteiger partial charge on any atom is -0.496 e. The van der Waals surface area contributed by atoms with Crippen LogP contribution in [0.25, 0.3) is 27.9 Å². The maximum Gasteiger partial charge on any atom is 0.262 e. The molecule has 7 nitrogen and oxygen atoms in total. The molecule has 0 aliphatic heterocycles. The van der Waals surface area contributed by atoms with E-state index in [9.17, 15) is 4.79 Å². The average molecular weight is 389 g/mol. The summed E-state index contributed by atoms with van der Waals surface area (Å²) in [5.41, 5.74) is 2.05. The van der Waals surface area contributed by atoms with E-state index in [1.165, 1.54) is 12.7 Å². The number of hydrogen-bond donors (Lipinski definition) is 0. The van der Waals surface area contributed by atoms with Gasteiger partial charge in [0, 0.05) is 17.8 Å². The molecule has 0 amide bonds. The third kappa shape index (κ3) is 2.80. The van der Waals surface area contributed by atoms with Crippen LogP contribution in [0.3, 0.4) is 0 Å². The number of para-hydroxylation sites is 1. The largest absolute Gasteiger partial charge is 0.496 e. The number of ether oxygens (including phenoxy) is 1. The number of aromatic nitrogens is 5. The molecule has 0 unspecified atom stereocenters. The fourth-order valence-corrected chi connectivity index (χ4v) is 4.60. The standard InChI is InChI=1S/C22H23N5O2/c1-14-7-3-5-9-17(14)26-12-11-16-19(21(26)28)20(27-22(25-16)23-13-24-27)15-8-4-6-10-18(15)29-2/h4,6,8,10-14,17H,3,5,7,9H2,1-2H3/t14-,17+/m0/s1. The van der Waals surface area contributed by atoms with Crippen molar-refractivity contribution in [3.05, 3.63) is 53.2 Å². The van der Waals surface area contributed by atoms with Gasteiger partial charge in [-0.3, -0.25) is 4.79 Å². The first-order valence-corrected chi connectivity index (χ1v) is 10.1. The van der Waals surface area contributed by atoms with Crippen LogP contribution in [-0.2, 0) is 0 Å². The fourth-order valence-electron chi connectivity index (χ4n) is 4.60. The Morgan fingerprint density at radius 1 is 1.14 bits per heavy atom. The summed E-state index contributed by atoms with van der Waals surface area (Å²) in [6.07, 6.45) is 7.90. The third-order valence-electron chi connectivity index (χ3n) is 6.08. The lowest BCUT2D eigenvalue weighted by atomic mass is 9.85. The lowest BCUT2D eigenvalue weighted by Gasteiger charge is -2.30. The maximum atomic E-state index is 13.8. The highest BCUT2D eigenvalue weighted by molar-refractivity contribution is 5.94. The van der Waals surface area contributed by atoms with Crippen molar-refractivity contribution in [1.82, 2.24) is 24.1 Å². The molecule has 0 N–H and O–H groups in total. The van der Waals surface area contributed by atoms with Crippen LogP contribution in [0.15, 0.2) is 47.7 Å². The molecule has 2 atom stereocenters. The van der Waals surface area contributed by atoms with E-state index in [1.54, 1.807) is 11.6 Å². The number of benzene rings is 1. The maximum absolute atomic E-state index is 13.8. The van der Waals surface area contributed by atoms with Crippen molar-refractivity contribution < 1.29 is 4.74 Å². The first kappa shape index (κ1) is 17.8. The molecule has 5 rings (SSSR count). The van der Waals surface area contributed by atoms with Crippen molar-refractivity contribution in [3.63, 3.8) is 0 Å². The van der Waals surface area contributed by atoms with Gasteiger partial charge in [-0.25, -0.2) is 4.98 Å². The van der Waals surface area contributed by atoms with Crippen molar-refractivity contribution in [2.24, 2.45) is 5.92 Å². The predicted molar refractivity (Wildman–Crippen MR) is 111 cm³/mol. The van der Waals surface area contributed by atoms with Crippen LogP contribution in [0.5, 0.6) is 5.75 Å². The van der Waals surface area contributed by atoms with E-state index in [0.717, 1.165) is 24.8 Å². The molecule has 3 aromatic heterocycles. The third-order valence-corrected chi connectivity index (χ3v) is 6.08. The monoisotopic (exact) mass is 389 g/mol. The van der Waals surface area contributed by atoms with Gasteiger partial charge in [-0.15, -0.1) is 0 Å². The molecule has 148 valence electrons. The predicted octanol–water partition coefficient (Wildman–Crippen LogP) is 3.87. The van der Waals surface area contributed by atoms with Gasteiger partial charge < -0.3 is 9.30 Å². The summed E-state index contributed by atoms with van der Waals surface area (Å²) in [4.78, 5) is 22.6. The normalized spacial score (nSPS) is 19.7. The summed E-state index contributed by atoms with van der Waals surface area (Å²) < 4.78 is 9.12. The van der Waals surface area contributed by atoms with Crippen LogP contribution in [0.1, 0.15) is 38.6 Å². The van der Waals surface area contributed by atoms with Gasteiger partial charge in [-0.05, 0) is 37.0 Å². The molecular weight excluding hydrogens is 366 g/mol. The number of pyridine rings is 1. The second kappa shape index (κ2) is 6.99. The van der Waals surface area contributed by atoms with Crippen molar-refractivity contribution in [1.29, 1.82) is 0 Å². The first-order chi connectivity index (χ1) is 14.2. The molecular formula is C22H23N5O2. The van der Waals surface area contributed by atoms with Gasteiger partial charge in [0.15, 0.2) is 0 Å². The molecule has 4 aromatic rings. The summed E-state index contributed by atoms with van der Waals surface area (Å²) in [5.74, 6) is 1.61. The van der Waals surface area contributed by atoms with E-state index < -0.39 is 0 Å². The zero-order chi connectivity index (χ0) is 20.0. The molecule has 29 heavy (non-hydrogen) atoms. The molecule has 1 saturated carbocycles. The Bertz CT molecular complexity index is 1260. The van der Waals surface area contributed by atoms with Crippen LogP contribution in [0.4, 0.5) is 0 Å². The van der Waals surface area contributed by atoms with E-state index >= 15 is 0 Å². The van der Waals surface area contributed by atoms with Crippen LogP contribution in [0.2, 0.25) is 0 Å². The highest BCUT2D eigenvalue weighted by Gasteiger charge is 2.26. The molecule has 1 aromatic carbocycles. The van der Waals surface area contributed by atoms with Crippen molar-refractivity contribution in [3.8, 4) is 17.0 Å². The zero-order valence-electron chi connectivity index (χ0n) is 16.6. The molecule has 1 fully saturated rings. The molecule has 0 saturated heterocycles. The molecule has 0 bridgehead atoms. The van der Waals surface area contributed by atoms with E-state index in [0.29, 0.717) is 34.0 Å². The molecule has 1 aliphatic rings. The second-order valence-electron chi connectivity index (χ2n) is 7.75. The Hall–Kier alpha value is -3.22.